The van der Waals surface area contributed by atoms with E-state index in [4.69, 9.17) is 14.5 Å². The van der Waals surface area contributed by atoms with E-state index in [1.54, 1.807) is 29.7 Å². The molecule has 3 heterocycles. The van der Waals surface area contributed by atoms with Gasteiger partial charge in [0.1, 0.15) is 18.0 Å². The number of aromatic nitrogens is 2. The SMILES string of the molecule is CCc1cc2c(=O)n(CC)c(SC(C)C(=O)Nc3ccc4c(c3)OCCO4)nc2s1. The normalized spacial score (nSPS) is 14.0. The highest BCUT2D eigenvalue weighted by Crippen LogP contribution is 2.33. The molecule has 9 heteroatoms. The van der Waals surface area contributed by atoms with Gasteiger partial charge in [-0.25, -0.2) is 4.98 Å². The van der Waals surface area contributed by atoms with Crippen LogP contribution in [0.1, 0.15) is 25.6 Å². The molecule has 1 atom stereocenters. The third-order valence-corrected chi connectivity index (χ3v) is 7.06. The van der Waals surface area contributed by atoms with E-state index in [-0.39, 0.29) is 11.5 Å². The molecule has 0 saturated carbocycles. The van der Waals surface area contributed by atoms with E-state index in [2.05, 4.69) is 12.2 Å². The standard InChI is InChI=1S/C21H23N3O4S2/c1-4-14-11-15-19(30-14)23-21(24(5-2)20(15)26)29-12(3)18(25)22-13-6-7-16-17(10-13)28-9-8-27-16/h6-7,10-12H,4-5,8-9H2,1-3H3,(H,22,25). The Labute approximate surface area is 182 Å². The molecule has 0 radical (unpaired) electrons. The van der Waals surface area contributed by atoms with Gasteiger partial charge in [0.25, 0.3) is 5.56 Å². The van der Waals surface area contributed by atoms with E-state index in [1.165, 1.54) is 23.1 Å². The van der Waals surface area contributed by atoms with E-state index in [9.17, 15) is 9.59 Å². The molecule has 1 aliphatic heterocycles. The number of aryl methyl sites for hydroxylation is 1. The molecule has 0 spiro atoms. The van der Waals surface area contributed by atoms with Crippen LogP contribution in [0.2, 0.25) is 0 Å². The number of nitrogens with zero attached hydrogens (tertiary/aromatic N) is 2. The molecule has 158 valence electrons. The second-order valence-corrected chi connectivity index (χ2v) is 9.26. The highest BCUT2D eigenvalue weighted by molar-refractivity contribution is 8.00. The maximum Gasteiger partial charge on any atom is 0.262 e. The Balaban J connectivity index is 1.54. The van der Waals surface area contributed by atoms with Gasteiger partial charge in [-0.3, -0.25) is 14.2 Å². The van der Waals surface area contributed by atoms with Crippen molar-refractivity contribution < 1.29 is 14.3 Å². The summed E-state index contributed by atoms with van der Waals surface area (Å²) in [5.74, 6) is 1.12. The molecule has 2 aromatic heterocycles. The van der Waals surface area contributed by atoms with Gasteiger partial charge in [0.05, 0.1) is 10.6 Å². The van der Waals surface area contributed by atoms with Crippen LogP contribution in [0.5, 0.6) is 11.5 Å². The van der Waals surface area contributed by atoms with E-state index >= 15 is 0 Å². The predicted octanol–water partition coefficient (Wildman–Crippen LogP) is 3.93. The molecular formula is C21H23N3O4S2. The van der Waals surface area contributed by atoms with Crippen molar-refractivity contribution in [3.63, 3.8) is 0 Å². The van der Waals surface area contributed by atoms with E-state index < -0.39 is 5.25 Å². The molecule has 0 fully saturated rings. The van der Waals surface area contributed by atoms with Crippen LogP contribution in [0.4, 0.5) is 5.69 Å². The highest BCUT2D eigenvalue weighted by Gasteiger charge is 2.21. The quantitative estimate of drug-likeness (QED) is 0.457. The smallest absolute Gasteiger partial charge is 0.262 e. The monoisotopic (exact) mass is 445 g/mol. The number of ether oxygens (including phenoxy) is 2. The summed E-state index contributed by atoms with van der Waals surface area (Å²) < 4.78 is 12.7. The predicted molar refractivity (Wildman–Crippen MR) is 120 cm³/mol. The van der Waals surface area contributed by atoms with Crippen molar-refractivity contribution >= 4 is 44.9 Å². The van der Waals surface area contributed by atoms with Crippen molar-refractivity contribution in [1.29, 1.82) is 0 Å². The third-order valence-electron chi connectivity index (χ3n) is 4.79. The van der Waals surface area contributed by atoms with Crippen molar-refractivity contribution in [2.75, 3.05) is 18.5 Å². The molecule has 0 aliphatic carbocycles. The second kappa shape index (κ2) is 8.69. The van der Waals surface area contributed by atoms with Gasteiger partial charge in [-0.2, -0.15) is 0 Å². The fourth-order valence-corrected chi connectivity index (χ4v) is 5.15. The summed E-state index contributed by atoms with van der Waals surface area (Å²) in [4.78, 5) is 32.2. The Morgan fingerprint density at radius 3 is 2.77 bits per heavy atom. The van der Waals surface area contributed by atoms with Gasteiger partial charge in [0.15, 0.2) is 16.7 Å². The summed E-state index contributed by atoms with van der Waals surface area (Å²) in [6.45, 7) is 7.28. The van der Waals surface area contributed by atoms with Crippen molar-refractivity contribution in [3.8, 4) is 11.5 Å². The Hall–Kier alpha value is -2.52. The van der Waals surface area contributed by atoms with Gasteiger partial charge in [-0.05, 0) is 38.5 Å². The summed E-state index contributed by atoms with van der Waals surface area (Å²) in [5, 5.41) is 3.68. The number of carbonyl (C=O) groups excluding carboxylic acids is 1. The van der Waals surface area contributed by atoms with Crippen molar-refractivity contribution in [1.82, 2.24) is 9.55 Å². The number of anilines is 1. The van der Waals surface area contributed by atoms with Gasteiger partial charge in [0.2, 0.25) is 5.91 Å². The van der Waals surface area contributed by atoms with Crippen LogP contribution in [0.3, 0.4) is 0 Å². The maximum absolute atomic E-state index is 12.9. The fraction of sp³-hybridized carbons (Fsp3) is 0.381. The minimum atomic E-state index is -0.439. The molecule has 7 nitrogen and oxygen atoms in total. The Kier molecular flexibility index (Phi) is 6.01. The van der Waals surface area contributed by atoms with Gasteiger partial charge >= 0.3 is 0 Å². The molecule has 0 saturated heterocycles. The largest absolute Gasteiger partial charge is 0.486 e. The highest BCUT2D eigenvalue weighted by atomic mass is 32.2. The number of hydrogen-bond donors (Lipinski definition) is 1. The average Bonchev–Trinajstić information content (AvgIpc) is 3.17. The van der Waals surface area contributed by atoms with Crippen LogP contribution in [-0.4, -0.2) is 33.9 Å². The summed E-state index contributed by atoms with van der Waals surface area (Å²) in [6, 6.07) is 7.25. The van der Waals surface area contributed by atoms with Gasteiger partial charge in [-0.1, -0.05) is 18.7 Å². The number of thioether (sulfide) groups is 1. The van der Waals surface area contributed by atoms with Crippen molar-refractivity contribution in [2.24, 2.45) is 0 Å². The lowest BCUT2D eigenvalue weighted by atomic mass is 10.2. The van der Waals surface area contributed by atoms with Crippen LogP contribution in [0.25, 0.3) is 10.2 Å². The number of hydrogen-bond acceptors (Lipinski definition) is 7. The number of thiophene rings is 1. The number of rotatable bonds is 6. The van der Waals surface area contributed by atoms with Crippen LogP contribution < -0.4 is 20.3 Å². The zero-order chi connectivity index (χ0) is 21.3. The molecule has 3 aromatic rings. The molecule has 30 heavy (non-hydrogen) atoms. The fourth-order valence-electron chi connectivity index (χ4n) is 3.17. The first-order valence-electron chi connectivity index (χ1n) is 9.90. The number of amides is 1. The Morgan fingerprint density at radius 1 is 1.27 bits per heavy atom. The average molecular weight is 446 g/mol. The number of nitrogens with one attached hydrogen (secondary N) is 1. The Morgan fingerprint density at radius 2 is 2.03 bits per heavy atom. The number of carbonyl (C=O) groups is 1. The summed E-state index contributed by atoms with van der Waals surface area (Å²) in [6.07, 6.45) is 0.864. The van der Waals surface area contributed by atoms with E-state index in [1.807, 2.05) is 13.0 Å². The van der Waals surface area contributed by atoms with Crippen LogP contribution in [0.15, 0.2) is 34.2 Å². The molecule has 1 unspecified atom stereocenters. The zero-order valence-corrected chi connectivity index (χ0v) is 18.7. The first-order valence-corrected chi connectivity index (χ1v) is 11.6. The molecule has 1 aliphatic rings. The van der Waals surface area contributed by atoms with Crippen LogP contribution in [-0.2, 0) is 17.8 Å². The van der Waals surface area contributed by atoms with E-state index in [0.717, 1.165) is 16.1 Å². The number of fused-ring (bicyclic) bond motifs is 2. The maximum atomic E-state index is 12.9. The lowest BCUT2D eigenvalue weighted by Crippen LogP contribution is -2.26. The molecule has 4 rings (SSSR count). The molecule has 1 aromatic carbocycles. The zero-order valence-electron chi connectivity index (χ0n) is 17.1. The van der Waals surface area contributed by atoms with Gasteiger partial charge < -0.3 is 14.8 Å². The van der Waals surface area contributed by atoms with Gasteiger partial charge in [0, 0.05) is 23.2 Å². The van der Waals surface area contributed by atoms with Gasteiger partial charge in [-0.15, -0.1) is 11.3 Å². The third kappa shape index (κ3) is 4.04. The summed E-state index contributed by atoms with van der Waals surface area (Å²) in [5.41, 5.74) is 0.583. The molecule has 1 N–H and O–H groups in total. The minimum absolute atomic E-state index is 0.0552. The van der Waals surface area contributed by atoms with Crippen molar-refractivity contribution in [3.05, 3.63) is 39.5 Å². The lowest BCUT2D eigenvalue weighted by molar-refractivity contribution is -0.115. The molecule has 0 bridgehead atoms. The Bertz CT molecular complexity index is 1160. The first kappa shape index (κ1) is 20.7. The molecule has 1 amide bonds. The first-order chi connectivity index (χ1) is 14.5. The lowest BCUT2D eigenvalue weighted by Gasteiger charge is -2.19. The summed E-state index contributed by atoms with van der Waals surface area (Å²) >= 11 is 2.82. The van der Waals surface area contributed by atoms with Crippen LogP contribution >= 0.6 is 23.1 Å². The molecular weight excluding hydrogens is 422 g/mol. The topological polar surface area (TPSA) is 82.5 Å². The summed E-state index contributed by atoms with van der Waals surface area (Å²) in [7, 11) is 0. The van der Waals surface area contributed by atoms with Crippen molar-refractivity contribution in [2.45, 2.75) is 44.1 Å². The minimum Gasteiger partial charge on any atom is -0.486 e. The second-order valence-electron chi connectivity index (χ2n) is 6.84. The van der Waals surface area contributed by atoms with Crippen LogP contribution in [0, 0.1) is 0 Å². The number of benzene rings is 1. The van der Waals surface area contributed by atoms with E-state index in [0.29, 0.717) is 47.5 Å².